The van der Waals surface area contributed by atoms with Gasteiger partial charge in [-0.15, -0.1) is 11.3 Å². The molecule has 1 saturated heterocycles. The normalized spacial score (nSPS) is 16.7. The van der Waals surface area contributed by atoms with E-state index in [1.165, 1.54) is 34.5 Å². The molecular formula is C18H13BrF2N4O3S. The Kier molecular flexibility index (Phi) is 4.97. The zero-order valence-electron chi connectivity index (χ0n) is 14.8. The van der Waals surface area contributed by atoms with Crippen LogP contribution in [-0.2, 0) is 11.8 Å². The largest absolute Gasteiger partial charge is 0.302 e. The summed E-state index contributed by atoms with van der Waals surface area (Å²) in [4.78, 5) is 26.1. The van der Waals surface area contributed by atoms with Crippen molar-refractivity contribution in [1.82, 2.24) is 19.7 Å². The maximum absolute atomic E-state index is 15.2. The van der Waals surface area contributed by atoms with Gasteiger partial charge in [0.1, 0.15) is 23.7 Å². The van der Waals surface area contributed by atoms with Crippen LogP contribution in [0.25, 0.3) is 11.1 Å². The first kappa shape index (κ1) is 19.7. The predicted molar refractivity (Wildman–Crippen MR) is 103 cm³/mol. The predicted octanol–water partition coefficient (Wildman–Crippen LogP) is 3.56. The van der Waals surface area contributed by atoms with E-state index in [4.69, 9.17) is 0 Å². The molecule has 1 atom stereocenters. The van der Waals surface area contributed by atoms with E-state index in [0.29, 0.717) is 20.0 Å². The molecule has 0 radical (unpaired) electrons. The Morgan fingerprint density at radius 1 is 1.38 bits per heavy atom. The molecule has 1 aromatic carbocycles. The Hall–Kier alpha value is -2.63. The number of carbonyl (C=O) groups excluding carboxylic acids is 2. The molecule has 2 aromatic heterocycles. The number of thiophene rings is 1. The lowest BCUT2D eigenvalue weighted by molar-refractivity contribution is -0.168. The SMILES string of the molecule is Cn1cc(-c2ccc(F)c(C(=O)N3CC(=O)N(O)C3c3csc(Br)c3)c2F)cn1. The Labute approximate surface area is 175 Å². The molecule has 150 valence electrons. The van der Waals surface area contributed by atoms with Crippen molar-refractivity contribution in [2.75, 3.05) is 6.54 Å². The van der Waals surface area contributed by atoms with E-state index in [1.807, 2.05) is 0 Å². The van der Waals surface area contributed by atoms with Crippen LogP contribution in [0.2, 0.25) is 0 Å². The van der Waals surface area contributed by atoms with E-state index in [1.54, 1.807) is 18.5 Å². The molecule has 29 heavy (non-hydrogen) atoms. The Bertz CT molecular complexity index is 1130. The molecule has 7 nitrogen and oxygen atoms in total. The summed E-state index contributed by atoms with van der Waals surface area (Å²) in [7, 11) is 1.65. The number of hydrogen-bond donors (Lipinski definition) is 1. The van der Waals surface area contributed by atoms with E-state index in [9.17, 15) is 19.2 Å². The van der Waals surface area contributed by atoms with E-state index in [2.05, 4.69) is 21.0 Å². The molecular weight excluding hydrogens is 470 g/mol. The third-order valence-corrected chi connectivity index (χ3v) is 6.08. The van der Waals surface area contributed by atoms with Crippen LogP contribution in [0, 0.1) is 11.6 Å². The maximum Gasteiger partial charge on any atom is 0.267 e. The number of hydroxylamine groups is 2. The fourth-order valence-electron chi connectivity index (χ4n) is 3.21. The highest BCUT2D eigenvalue weighted by atomic mass is 79.9. The molecule has 1 fully saturated rings. The Balaban J connectivity index is 1.78. The van der Waals surface area contributed by atoms with Gasteiger partial charge >= 0.3 is 0 Å². The number of nitrogens with zero attached hydrogens (tertiary/aromatic N) is 4. The number of benzene rings is 1. The van der Waals surface area contributed by atoms with Crippen molar-refractivity contribution < 1.29 is 23.6 Å². The van der Waals surface area contributed by atoms with Crippen LogP contribution in [0.1, 0.15) is 22.1 Å². The fourth-order valence-corrected chi connectivity index (χ4v) is 4.40. The highest BCUT2D eigenvalue weighted by molar-refractivity contribution is 9.11. The van der Waals surface area contributed by atoms with Crippen molar-refractivity contribution in [2.45, 2.75) is 6.17 Å². The zero-order valence-corrected chi connectivity index (χ0v) is 17.2. The van der Waals surface area contributed by atoms with Crippen LogP contribution in [-0.4, -0.2) is 43.3 Å². The molecule has 0 spiro atoms. The van der Waals surface area contributed by atoms with Gasteiger partial charge in [-0.25, -0.2) is 8.78 Å². The Morgan fingerprint density at radius 3 is 2.76 bits per heavy atom. The minimum absolute atomic E-state index is 0.00376. The maximum atomic E-state index is 15.2. The van der Waals surface area contributed by atoms with Crippen molar-refractivity contribution in [2.24, 2.45) is 7.05 Å². The summed E-state index contributed by atoms with van der Waals surface area (Å²) in [6.45, 7) is -0.510. The van der Waals surface area contributed by atoms with Crippen molar-refractivity contribution in [1.29, 1.82) is 0 Å². The lowest BCUT2D eigenvalue weighted by Gasteiger charge is -2.26. The third-order valence-electron chi connectivity index (χ3n) is 4.56. The van der Waals surface area contributed by atoms with Crippen LogP contribution in [0.5, 0.6) is 0 Å². The molecule has 1 unspecified atom stereocenters. The third kappa shape index (κ3) is 3.34. The Morgan fingerprint density at radius 2 is 2.14 bits per heavy atom. The molecule has 3 aromatic rings. The summed E-state index contributed by atoms with van der Waals surface area (Å²) < 4.78 is 31.8. The molecule has 1 aliphatic rings. The van der Waals surface area contributed by atoms with E-state index < -0.39 is 41.7 Å². The molecule has 0 saturated carbocycles. The van der Waals surface area contributed by atoms with Gasteiger partial charge in [-0.1, -0.05) is 0 Å². The standard InChI is InChI=1S/C18H13BrF2N4O3S/c1-23-6-10(5-22-23)11-2-3-12(20)15(16(11)21)18(27)24-7-14(26)25(28)17(24)9-4-13(19)29-8-9/h2-6,8,17,28H,7H2,1H3. The molecule has 3 heterocycles. The average molecular weight is 483 g/mol. The van der Waals surface area contributed by atoms with Crippen LogP contribution in [0.15, 0.2) is 39.8 Å². The van der Waals surface area contributed by atoms with Gasteiger partial charge in [-0.3, -0.25) is 19.5 Å². The number of aromatic nitrogens is 2. The van der Waals surface area contributed by atoms with E-state index in [-0.39, 0.29) is 5.56 Å². The first-order chi connectivity index (χ1) is 13.8. The van der Waals surface area contributed by atoms with Crippen LogP contribution >= 0.6 is 27.3 Å². The highest BCUT2D eigenvalue weighted by Gasteiger charge is 2.43. The van der Waals surface area contributed by atoms with Gasteiger partial charge in [0, 0.05) is 29.9 Å². The van der Waals surface area contributed by atoms with Crippen molar-refractivity contribution in [3.63, 3.8) is 0 Å². The lowest BCUT2D eigenvalue weighted by atomic mass is 10.0. The van der Waals surface area contributed by atoms with Gasteiger partial charge in [0.15, 0.2) is 6.17 Å². The first-order valence-corrected chi connectivity index (χ1v) is 9.98. The van der Waals surface area contributed by atoms with Gasteiger partial charge in [0.25, 0.3) is 11.8 Å². The summed E-state index contributed by atoms with van der Waals surface area (Å²) in [5.74, 6) is -3.91. The average Bonchev–Trinajstić information content (AvgIpc) is 3.35. The summed E-state index contributed by atoms with van der Waals surface area (Å²) in [5.41, 5.74) is 0.0178. The van der Waals surface area contributed by atoms with E-state index in [0.717, 1.165) is 11.0 Å². The number of carbonyl (C=O) groups is 2. The molecule has 2 amide bonds. The second-order valence-electron chi connectivity index (χ2n) is 6.42. The van der Waals surface area contributed by atoms with Crippen molar-refractivity contribution in [3.05, 3.63) is 62.5 Å². The number of amides is 2. The van der Waals surface area contributed by atoms with Gasteiger partial charge in [-0.05, 0) is 39.5 Å². The number of rotatable bonds is 3. The monoisotopic (exact) mass is 482 g/mol. The second-order valence-corrected chi connectivity index (χ2v) is 8.71. The number of halogens is 3. The minimum Gasteiger partial charge on any atom is -0.302 e. The highest BCUT2D eigenvalue weighted by Crippen LogP contribution is 2.36. The van der Waals surface area contributed by atoms with Gasteiger partial charge in [0.2, 0.25) is 0 Å². The van der Waals surface area contributed by atoms with Crippen molar-refractivity contribution in [3.8, 4) is 11.1 Å². The topological polar surface area (TPSA) is 78.7 Å². The summed E-state index contributed by atoms with van der Waals surface area (Å²) in [6.07, 6.45) is 1.74. The molecule has 1 N–H and O–H groups in total. The fraction of sp³-hybridized carbons (Fsp3) is 0.167. The summed E-state index contributed by atoms with van der Waals surface area (Å²) in [6, 6.07) is 3.83. The van der Waals surface area contributed by atoms with Gasteiger partial charge in [-0.2, -0.15) is 10.2 Å². The van der Waals surface area contributed by atoms with Crippen LogP contribution < -0.4 is 0 Å². The van der Waals surface area contributed by atoms with E-state index >= 15 is 4.39 Å². The summed E-state index contributed by atoms with van der Waals surface area (Å²) >= 11 is 4.56. The second kappa shape index (κ2) is 7.32. The number of aryl methyl sites for hydroxylation is 1. The van der Waals surface area contributed by atoms with Crippen LogP contribution in [0.4, 0.5) is 8.78 Å². The van der Waals surface area contributed by atoms with Crippen LogP contribution in [0.3, 0.4) is 0 Å². The lowest BCUT2D eigenvalue weighted by Crippen LogP contribution is -2.35. The minimum atomic E-state index is -1.18. The first-order valence-electron chi connectivity index (χ1n) is 8.30. The summed E-state index contributed by atoms with van der Waals surface area (Å²) in [5, 5.41) is 16.1. The van der Waals surface area contributed by atoms with Crippen molar-refractivity contribution >= 4 is 39.1 Å². The van der Waals surface area contributed by atoms with Gasteiger partial charge < -0.3 is 4.90 Å². The quantitative estimate of drug-likeness (QED) is 0.578. The molecule has 0 bridgehead atoms. The molecule has 11 heteroatoms. The zero-order chi connectivity index (χ0) is 20.9. The van der Waals surface area contributed by atoms with Gasteiger partial charge in [0.05, 0.1) is 9.98 Å². The number of hydrogen-bond acceptors (Lipinski definition) is 5. The molecule has 1 aliphatic heterocycles. The molecule has 0 aliphatic carbocycles. The molecule has 4 rings (SSSR count). The smallest absolute Gasteiger partial charge is 0.267 e.